The summed E-state index contributed by atoms with van der Waals surface area (Å²) in [7, 11) is 0. The van der Waals surface area contributed by atoms with Gasteiger partial charge in [0.15, 0.2) is 5.58 Å². The topological polar surface area (TPSA) is 13.1 Å². The molecule has 0 atom stereocenters. The Morgan fingerprint density at radius 1 is 0.786 bits per heavy atom. The maximum absolute atomic E-state index is 6.37. The Balaban J connectivity index is 1.70. The van der Waals surface area contributed by atoms with Gasteiger partial charge in [-0.3, -0.25) is 0 Å². The van der Waals surface area contributed by atoms with Gasteiger partial charge in [-0.05, 0) is 53.6 Å². The first-order valence-electron chi connectivity index (χ1n) is 8.91. The Labute approximate surface area is 178 Å². The van der Waals surface area contributed by atoms with E-state index in [1.165, 1.54) is 25.7 Å². The second kappa shape index (κ2) is 6.08. The molecule has 4 aromatic carbocycles. The minimum atomic E-state index is 0.642. The van der Waals surface area contributed by atoms with Gasteiger partial charge in [-0.15, -0.1) is 11.3 Å². The molecule has 4 heteroatoms. The predicted molar refractivity (Wildman–Crippen MR) is 125 cm³/mol. The first kappa shape index (κ1) is 16.6. The number of benzene rings is 4. The van der Waals surface area contributed by atoms with Crippen molar-refractivity contribution in [1.29, 1.82) is 0 Å². The lowest BCUT2D eigenvalue weighted by Gasteiger charge is -2.05. The lowest BCUT2D eigenvalue weighted by molar-refractivity contribution is 0.669. The van der Waals surface area contributed by atoms with Gasteiger partial charge in [0.05, 0.1) is 5.02 Å². The van der Waals surface area contributed by atoms with Crippen LogP contribution in [0.25, 0.3) is 53.2 Å². The van der Waals surface area contributed by atoms with Crippen molar-refractivity contribution in [2.75, 3.05) is 0 Å². The van der Waals surface area contributed by atoms with Crippen molar-refractivity contribution in [1.82, 2.24) is 0 Å². The van der Waals surface area contributed by atoms with E-state index in [1.54, 1.807) is 0 Å². The molecule has 0 aliphatic heterocycles. The molecule has 0 fully saturated rings. The highest BCUT2D eigenvalue weighted by Gasteiger charge is 2.15. The molecule has 0 bridgehead atoms. The molecule has 0 saturated carbocycles. The number of para-hydroxylation sites is 1. The lowest BCUT2D eigenvalue weighted by Crippen LogP contribution is -1.80. The smallest absolute Gasteiger partial charge is 0.154 e. The molecular weight excluding hydrogens is 452 g/mol. The van der Waals surface area contributed by atoms with Gasteiger partial charge < -0.3 is 4.42 Å². The fraction of sp³-hybridized carbons (Fsp3) is 0. The van der Waals surface area contributed by atoms with Crippen molar-refractivity contribution in [2.45, 2.75) is 0 Å². The van der Waals surface area contributed by atoms with Gasteiger partial charge >= 0.3 is 0 Å². The molecule has 0 aliphatic rings. The fourth-order valence-electron chi connectivity index (χ4n) is 3.97. The summed E-state index contributed by atoms with van der Waals surface area (Å²) in [4.78, 5) is 0. The molecular formula is C24H12BrClOS. The number of rotatable bonds is 1. The van der Waals surface area contributed by atoms with Crippen LogP contribution in [0, 0.1) is 0 Å². The van der Waals surface area contributed by atoms with Crippen LogP contribution in [0.15, 0.2) is 81.7 Å². The van der Waals surface area contributed by atoms with Gasteiger partial charge in [0.1, 0.15) is 5.58 Å². The van der Waals surface area contributed by atoms with Crippen molar-refractivity contribution in [3.63, 3.8) is 0 Å². The summed E-state index contributed by atoms with van der Waals surface area (Å²) in [6.07, 6.45) is 0. The lowest BCUT2D eigenvalue weighted by atomic mass is 9.98. The van der Waals surface area contributed by atoms with Crippen LogP contribution in [-0.4, -0.2) is 0 Å². The minimum absolute atomic E-state index is 0.642. The Hall–Kier alpha value is -2.33. The molecule has 2 heterocycles. The van der Waals surface area contributed by atoms with Crippen LogP contribution in [0.3, 0.4) is 0 Å². The van der Waals surface area contributed by atoms with Crippen molar-refractivity contribution in [3.05, 3.63) is 82.3 Å². The molecule has 2 aromatic heterocycles. The van der Waals surface area contributed by atoms with Crippen molar-refractivity contribution in [2.24, 2.45) is 0 Å². The Kier molecular flexibility index (Phi) is 3.61. The molecule has 6 aromatic rings. The number of fused-ring (bicyclic) bond motifs is 6. The Morgan fingerprint density at radius 3 is 2.46 bits per heavy atom. The molecule has 134 valence electrons. The Bertz CT molecular complexity index is 1540. The first-order valence-corrected chi connectivity index (χ1v) is 10.9. The van der Waals surface area contributed by atoms with Crippen LogP contribution in [0.1, 0.15) is 0 Å². The van der Waals surface area contributed by atoms with E-state index in [-0.39, 0.29) is 0 Å². The Morgan fingerprint density at radius 2 is 1.57 bits per heavy atom. The molecule has 0 radical (unpaired) electrons. The summed E-state index contributed by atoms with van der Waals surface area (Å²) in [5.74, 6) is 0. The van der Waals surface area contributed by atoms with Gasteiger partial charge in [-0.1, -0.05) is 57.9 Å². The van der Waals surface area contributed by atoms with Crippen LogP contribution < -0.4 is 0 Å². The molecule has 0 amide bonds. The summed E-state index contributed by atoms with van der Waals surface area (Å²) >= 11 is 11.8. The zero-order valence-corrected chi connectivity index (χ0v) is 17.7. The summed E-state index contributed by atoms with van der Waals surface area (Å²) in [5.41, 5.74) is 3.95. The monoisotopic (exact) mass is 462 g/mol. The number of halogens is 2. The quantitative estimate of drug-likeness (QED) is 0.237. The number of hydrogen-bond acceptors (Lipinski definition) is 2. The number of thiophene rings is 1. The summed E-state index contributed by atoms with van der Waals surface area (Å²) in [5, 5.41) is 5.37. The third kappa shape index (κ3) is 2.37. The van der Waals surface area contributed by atoms with Crippen LogP contribution >= 0.6 is 38.9 Å². The van der Waals surface area contributed by atoms with E-state index >= 15 is 0 Å². The highest BCUT2D eigenvalue weighted by Crippen LogP contribution is 2.42. The minimum Gasteiger partial charge on any atom is -0.454 e. The normalized spacial score (nSPS) is 11.9. The summed E-state index contributed by atoms with van der Waals surface area (Å²) < 4.78 is 9.76. The first-order chi connectivity index (χ1) is 13.7. The molecule has 28 heavy (non-hydrogen) atoms. The molecule has 0 spiro atoms. The summed E-state index contributed by atoms with van der Waals surface area (Å²) in [6, 6.07) is 25.3. The highest BCUT2D eigenvalue weighted by atomic mass is 79.9. The average Bonchev–Trinajstić information content (AvgIpc) is 3.26. The van der Waals surface area contributed by atoms with Crippen molar-refractivity contribution in [3.8, 4) is 11.1 Å². The van der Waals surface area contributed by atoms with Crippen molar-refractivity contribution < 1.29 is 4.42 Å². The van der Waals surface area contributed by atoms with E-state index in [9.17, 15) is 0 Å². The van der Waals surface area contributed by atoms with Gasteiger partial charge in [0, 0.05) is 35.4 Å². The third-order valence-electron chi connectivity index (χ3n) is 5.22. The largest absolute Gasteiger partial charge is 0.454 e. The standard InChI is InChI=1S/C24H12BrClOS/c25-14-8-10-22-18(12-14)17-11-13(7-9-21(17)28-22)15-3-2-6-20-23(15)16-4-1-5-19(26)24(16)27-20/h1-12H. The maximum Gasteiger partial charge on any atom is 0.154 e. The third-order valence-corrected chi connectivity index (χ3v) is 7.16. The SMILES string of the molecule is Clc1cccc2c1oc1cccc(-c3ccc4sc5ccc(Br)cc5c4c3)c12. The molecule has 0 N–H and O–H groups in total. The van der Waals surface area contributed by atoms with Gasteiger partial charge in [0.2, 0.25) is 0 Å². The fourth-order valence-corrected chi connectivity index (χ4v) is 5.61. The zero-order valence-electron chi connectivity index (χ0n) is 14.5. The van der Waals surface area contributed by atoms with E-state index < -0.39 is 0 Å². The highest BCUT2D eigenvalue weighted by molar-refractivity contribution is 9.10. The van der Waals surface area contributed by atoms with E-state index in [4.69, 9.17) is 16.0 Å². The van der Waals surface area contributed by atoms with E-state index in [1.807, 2.05) is 35.6 Å². The average molecular weight is 464 g/mol. The van der Waals surface area contributed by atoms with Crippen LogP contribution in [0.5, 0.6) is 0 Å². The van der Waals surface area contributed by atoms with Crippen molar-refractivity contribution >= 4 is 81.0 Å². The van der Waals surface area contributed by atoms with E-state index in [2.05, 4.69) is 64.5 Å². The molecule has 0 unspecified atom stereocenters. The number of hydrogen-bond donors (Lipinski definition) is 0. The molecule has 6 rings (SSSR count). The van der Waals surface area contributed by atoms with E-state index in [0.29, 0.717) is 5.02 Å². The second-order valence-corrected chi connectivity index (χ2v) is 9.26. The van der Waals surface area contributed by atoms with Crippen LogP contribution in [0.4, 0.5) is 0 Å². The number of furan rings is 1. The van der Waals surface area contributed by atoms with Gasteiger partial charge in [-0.2, -0.15) is 0 Å². The molecule has 0 aliphatic carbocycles. The van der Waals surface area contributed by atoms with E-state index in [0.717, 1.165) is 32.0 Å². The molecule has 1 nitrogen and oxygen atoms in total. The van der Waals surface area contributed by atoms with Gasteiger partial charge in [-0.25, -0.2) is 0 Å². The maximum atomic E-state index is 6.37. The van der Waals surface area contributed by atoms with Crippen LogP contribution in [-0.2, 0) is 0 Å². The zero-order chi connectivity index (χ0) is 18.8. The van der Waals surface area contributed by atoms with Crippen LogP contribution in [0.2, 0.25) is 5.02 Å². The predicted octanol–water partition coefficient (Wildman–Crippen LogP) is 9.04. The van der Waals surface area contributed by atoms with Gasteiger partial charge in [0.25, 0.3) is 0 Å². The second-order valence-electron chi connectivity index (χ2n) is 6.85. The summed E-state index contributed by atoms with van der Waals surface area (Å²) in [6.45, 7) is 0. The molecule has 0 saturated heterocycles.